The molecular weight excluding hydrogens is 386 g/mol. The third-order valence-electron chi connectivity index (χ3n) is 4.35. The summed E-state index contributed by atoms with van der Waals surface area (Å²) in [4.78, 5) is 29.2. The van der Waals surface area contributed by atoms with Crippen molar-refractivity contribution in [3.8, 4) is 17.6 Å². The van der Waals surface area contributed by atoms with Gasteiger partial charge in [0.15, 0.2) is 17.3 Å². The Balaban J connectivity index is 1.81. The number of fused-ring (bicyclic) bond motifs is 1. The van der Waals surface area contributed by atoms with Crippen LogP contribution in [0.25, 0.3) is 17.0 Å². The Hall–Kier alpha value is -4.12. The predicted octanol–water partition coefficient (Wildman–Crippen LogP) is 2.69. The molecule has 0 saturated heterocycles. The molecule has 0 aliphatic heterocycles. The lowest BCUT2D eigenvalue weighted by atomic mass is 10.1. The monoisotopic (exact) mass is 405 g/mol. The number of methoxy groups -OCH3 is 2. The maximum atomic E-state index is 12.6. The third kappa shape index (κ3) is 4.31. The van der Waals surface area contributed by atoms with Crippen molar-refractivity contribution in [2.24, 2.45) is 0 Å². The van der Waals surface area contributed by atoms with Crippen molar-refractivity contribution in [2.75, 3.05) is 14.2 Å². The van der Waals surface area contributed by atoms with Crippen molar-refractivity contribution >= 4 is 22.9 Å². The molecule has 152 valence electrons. The van der Waals surface area contributed by atoms with Gasteiger partial charge >= 0.3 is 5.97 Å². The van der Waals surface area contributed by atoms with Gasteiger partial charge in [0.05, 0.1) is 31.2 Å². The lowest BCUT2D eigenvalue weighted by Crippen LogP contribution is -2.26. The van der Waals surface area contributed by atoms with Crippen molar-refractivity contribution in [1.82, 2.24) is 9.55 Å². The minimum absolute atomic E-state index is 0.194. The van der Waals surface area contributed by atoms with Crippen LogP contribution in [0.1, 0.15) is 11.4 Å². The number of nitriles is 1. The number of rotatable bonds is 7. The van der Waals surface area contributed by atoms with Crippen LogP contribution in [0.5, 0.6) is 11.5 Å². The molecule has 0 unspecified atom stereocenters. The summed E-state index contributed by atoms with van der Waals surface area (Å²) in [6.45, 7) is -0.444. The summed E-state index contributed by atoms with van der Waals surface area (Å²) in [6.07, 6.45) is 2.78. The van der Waals surface area contributed by atoms with Crippen molar-refractivity contribution in [2.45, 2.75) is 13.2 Å². The highest BCUT2D eigenvalue weighted by molar-refractivity contribution is 5.88. The first kappa shape index (κ1) is 20.6. The number of carbonyl (C=O) groups excluding carboxylic acids is 1. The Bertz CT molecular complexity index is 1210. The Labute approximate surface area is 172 Å². The molecule has 3 aromatic rings. The number of para-hydroxylation sites is 2. The molecule has 3 rings (SSSR count). The van der Waals surface area contributed by atoms with Gasteiger partial charge < -0.3 is 14.2 Å². The number of carbonyl (C=O) groups is 1. The zero-order chi connectivity index (χ0) is 21.5. The van der Waals surface area contributed by atoms with Gasteiger partial charge in [-0.15, -0.1) is 0 Å². The largest absolute Gasteiger partial charge is 0.493 e. The SMILES string of the molecule is COc1cccc(/C=C/C(=O)OCc2nc3ccccc3c(=O)n2CC#N)c1OC. The van der Waals surface area contributed by atoms with Gasteiger partial charge in [-0.3, -0.25) is 9.36 Å². The van der Waals surface area contributed by atoms with Gasteiger partial charge in [0, 0.05) is 11.6 Å². The van der Waals surface area contributed by atoms with E-state index in [1.165, 1.54) is 24.9 Å². The summed E-state index contributed by atoms with van der Waals surface area (Å²) in [5.41, 5.74) is 0.753. The summed E-state index contributed by atoms with van der Waals surface area (Å²) < 4.78 is 17.0. The minimum Gasteiger partial charge on any atom is -0.493 e. The summed E-state index contributed by atoms with van der Waals surface area (Å²) in [5.74, 6) is 0.587. The number of nitrogens with zero attached hydrogens (tertiary/aromatic N) is 3. The van der Waals surface area contributed by atoms with Crippen LogP contribution in [0.4, 0.5) is 0 Å². The number of hydrogen-bond donors (Lipinski definition) is 0. The lowest BCUT2D eigenvalue weighted by Gasteiger charge is -2.11. The zero-order valence-electron chi connectivity index (χ0n) is 16.5. The van der Waals surface area contributed by atoms with Crippen LogP contribution in [0.3, 0.4) is 0 Å². The summed E-state index contributed by atoms with van der Waals surface area (Å²) in [6, 6.07) is 14.0. The van der Waals surface area contributed by atoms with Crippen LogP contribution in [-0.4, -0.2) is 29.7 Å². The fourth-order valence-corrected chi connectivity index (χ4v) is 2.94. The molecule has 8 nitrogen and oxygen atoms in total. The van der Waals surface area contributed by atoms with Gasteiger partial charge in [-0.25, -0.2) is 9.78 Å². The molecule has 1 aromatic heterocycles. The molecule has 30 heavy (non-hydrogen) atoms. The molecule has 0 bridgehead atoms. The minimum atomic E-state index is -0.634. The molecule has 0 aliphatic carbocycles. The highest BCUT2D eigenvalue weighted by atomic mass is 16.5. The molecule has 8 heteroatoms. The van der Waals surface area contributed by atoms with Crippen molar-refractivity contribution in [3.05, 3.63) is 70.3 Å². The molecule has 0 saturated carbocycles. The van der Waals surface area contributed by atoms with E-state index in [9.17, 15) is 9.59 Å². The van der Waals surface area contributed by atoms with E-state index in [-0.39, 0.29) is 24.5 Å². The van der Waals surface area contributed by atoms with Crippen LogP contribution < -0.4 is 15.0 Å². The van der Waals surface area contributed by atoms with E-state index in [4.69, 9.17) is 19.5 Å². The highest BCUT2D eigenvalue weighted by Gasteiger charge is 2.12. The quantitative estimate of drug-likeness (QED) is 0.440. The van der Waals surface area contributed by atoms with Gasteiger partial charge in [-0.2, -0.15) is 5.26 Å². The molecule has 0 N–H and O–H groups in total. The molecule has 0 amide bonds. The van der Waals surface area contributed by atoms with Crippen molar-refractivity contribution < 1.29 is 19.0 Å². The Kier molecular flexibility index (Phi) is 6.45. The number of ether oxygens (including phenoxy) is 3. The van der Waals surface area contributed by atoms with Gasteiger partial charge in [0.2, 0.25) is 0 Å². The van der Waals surface area contributed by atoms with E-state index in [1.807, 2.05) is 6.07 Å². The van der Waals surface area contributed by atoms with Gasteiger partial charge in [-0.05, 0) is 24.3 Å². The van der Waals surface area contributed by atoms with Crippen LogP contribution >= 0.6 is 0 Å². The van der Waals surface area contributed by atoms with E-state index in [1.54, 1.807) is 48.5 Å². The summed E-state index contributed by atoms with van der Waals surface area (Å²) >= 11 is 0. The summed E-state index contributed by atoms with van der Waals surface area (Å²) in [7, 11) is 3.03. The normalized spacial score (nSPS) is 10.7. The number of aromatic nitrogens is 2. The highest BCUT2D eigenvalue weighted by Crippen LogP contribution is 2.31. The fraction of sp³-hybridized carbons (Fsp3) is 0.182. The molecule has 0 fully saturated rings. The topological polar surface area (TPSA) is 103 Å². The lowest BCUT2D eigenvalue weighted by molar-refractivity contribution is -0.139. The Morgan fingerprint density at radius 1 is 1.17 bits per heavy atom. The summed E-state index contributed by atoms with van der Waals surface area (Å²) in [5, 5.41) is 9.44. The second-order valence-corrected chi connectivity index (χ2v) is 6.12. The molecule has 0 spiro atoms. The first-order valence-corrected chi connectivity index (χ1v) is 9.00. The fourth-order valence-electron chi connectivity index (χ4n) is 2.94. The van der Waals surface area contributed by atoms with Gasteiger partial charge in [0.1, 0.15) is 13.2 Å². The smallest absolute Gasteiger partial charge is 0.331 e. The zero-order valence-corrected chi connectivity index (χ0v) is 16.5. The average Bonchev–Trinajstić information content (AvgIpc) is 2.78. The van der Waals surface area contributed by atoms with E-state index in [0.29, 0.717) is 28.0 Å². The van der Waals surface area contributed by atoms with E-state index in [0.717, 1.165) is 0 Å². The standard InChI is InChI=1S/C22H19N3O5/c1-28-18-9-5-6-15(21(18)29-2)10-11-20(26)30-14-19-24-17-8-4-3-7-16(17)22(27)25(19)13-12-23/h3-11H,13-14H2,1-2H3/b11-10+. The molecule has 0 aliphatic rings. The number of esters is 1. The van der Waals surface area contributed by atoms with E-state index >= 15 is 0 Å². The van der Waals surface area contributed by atoms with Crippen molar-refractivity contribution in [1.29, 1.82) is 5.26 Å². The second-order valence-electron chi connectivity index (χ2n) is 6.12. The van der Waals surface area contributed by atoms with Gasteiger partial charge in [0.25, 0.3) is 5.56 Å². The average molecular weight is 405 g/mol. The number of benzene rings is 2. The Morgan fingerprint density at radius 3 is 2.70 bits per heavy atom. The third-order valence-corrected chi connectivity index (χ3v) is 4.35. The van der Waals surface area contributed by atoms with Gasteiger partial charge in [-0.1, -0.05) is 24.3 Å². The molecule has 0 atom stereocenters. The number of hydrogen-bond acceptors (Lipinski definition) is 7. The molecular formula is C22H19N3O5. The van der Waals surface area contributed by atoms with Crippen LogP contribution in [0.2, 0.25) is 0 Å². The van der Waals surface area contributed by atoms with Crippen LogP contribution in [0.15, 0.2) is 53.3 Å². The van der Waals surface area contributed by atoms with Crippen LogP contribution in [-0.2, 0) is 22.7 Å². The first-order chi connectivity index (χ1) is 14.6. The first-order valence-electron chi connectivity index (χ1n) is 9.00. The van der Waals surface area contributed by atoms with Crippen LogP contribution in [0, 0.1) is 11.3 Å². The van der Waals surface area contributed by atoms with E-state index < -0.39 is 5.97 Å². The molecule has 2 aromatic carbocycles. The Morgan fingerprint density at radius 2 is 1.97 bits per heavy atom. The van der Waals surface area contributed by atoms with E-state index in [2.05, 4.69) is 4.98 Å². The van der Waals surface area contributed by atoms with Crippen molar-refractivity contribution in [3.63, 3.8) is 0 Å². The maximum Gasteiger partial charge on any atom is 0.331 e. The second kappa shape index (κ2) is 9.39. The molecule has 1 heterocycles. The maximum absolute atomic E-state index is 12.6. The molecule has 0 radical (unpaired) electrons. The predicted molar refractivity (Wildman–Crippen MR) is 110 cm³/mol.